The van der Waals surface area contributed by atoms with Crippen LogP contribution in [-0.4, -0.2) is 28.5 Å². The molecule has 1 rings (SSSR count). The molecule has 8 heteroatoms. The Balaban J connectivity index is 2.77. The molecule has 0 bridgehead atoms. The van der Waals surface area contributed by atoms with Crippen LogP contribution < -0.4 is 5.32 Å². The number of rotatable bonds is 7. The Labute approximate surface area is 126 Å². The van der Waals surface area contributed by atoms with Crippen molar-refractivity contribution in [1.29, 1.82) is 0 Å². The second-order valence-electron chi connectivity index (χ2n) is 4.50. The van der Waals surface area contributed by atoms with Crippen molar-refractivity contribution in [2.24, 2.45) is 5.92 Å². The number of amides is 1. The summed E-state index contributed by atoms with van der Waals surface area (Å²) in [5, 5.41) is 22.1. The van der Waals surface area contributed by atoms with Crippen LogP contribution in [0.15, 0.2) is 18.2 Å². The van der Waals surface area contributed by atoms with E-state index < -0.39 is 16.8 Å². The number of aliphatic carboxylic acids is 1. The number of non-ortho nitro benzene ring substituents is 1. The van der Waals surface area contributed by atoms with Crippen LogP contribution in [-0.2, 0) is 4.79 Å². The lowest BCUT2D eigenvalue weighted by Crippen LogP contribution is -2.30. The summed E-state index contributed by atoms with van der Waals surface area (Å²) in [4.78, 5) is 32.7. The molecule has 0 saturated carbocycles. The molecule has 1 amide bonds. The van der Waals surface area contributed by atoms with E-state index in [0.717, 1.165) is 6.07 Å². The first-order valence-electron chi connectivity index (χ1n) is 6.29. The van der Waals surface area contributed by atoms with Crippen molar-refractivity contribution >= 4 is 29.2 Å². The van der Waals surface area contributed by atoms with Gasteiger partial charge in [0.1, 0.15) is 0 Å². The maximum atomic E-state index is 12.0. The minimum Gasteiger partial charge on any atom is -0.481 e. The van der Waals surface area contributed by atoms with Crippen LogP contribution in [0.4, 0.5) is 5.69 Å². The van der Waals surface area contributed by atoms with E-state index in [1.807, 2.05) is 6.92 Å². The molecule has 0 fully saturated rings. The normalized spacial score (nSPS) is 11.7. The summed E-state index contributed by atoms with van der Waals surface area (Å²) in [7, 11) is 0. The quantitative estimate of drug-likeness (QED) is 0.593. The first kappa shape index (κ1) is 16.9. The number of nitro benzene ring substituents is 1. The van der Waals surface area contributed by atoms with Gasteiger partial charge in [-0.15, -0.1) is 0 Å². The largest absolute Gasteiger partial charge is 0.481 e. The van der Waals surface area contributed by atoms with Crippen LogP contribution >= 0.6 is 11.6 Å². The fourth-order valence-electron chi connectivity index (χ4n) is 1.74. The number of carboxylic acid groups (broad SMARTS) is 1. The SMILES string of the molecule is CCC(CNC(=O)c1cc([N+](=O)[O-])ccc1Cl)CC(=O)O. The maximum absolute atomic E-state index is 12.0. The van der Waals surface area contributed by atoms with Crippen molar-refractivity contribution in [2.75, 3.05) is 6.54 Å². The third-order valence-corrected chi connectivity index (χ3v) is 3.33. The molecular formula is C13H15ClN2O5. The third kappa shape index (κ3) is 5.03. The van der Waals surface area contributed by atoms with E-state index in [-0.39, 0.29) is 35.2 Å². The van der Waals surface area contributed by atoms with E-state index in [1.54, 1.807) is 0 Å². The molecular weight excluding hydrogens is 300 g/mol. The summed E-state index contributed by atoms with van der Waals surface area (Å²) in [5.74, 6) is -1.71. The molecule has 0 heterocycles. The molecule has 1 atom stereocenters. The van der Waals surface area contributed by atoms with Gasteiger partial charge < -0.3 is 10.4 Å². The van der Waals surface area contributed by atoms with Gasteiger partial charge in [0.15, 0.2) is 0 Å². The predicted molar refractivity (Wildman–Crippen MR) is 76.5 cm³/mol. The minimum atomic E-state index is -0.940. The lowest BCUT2D eigenvalue weighted by molar-refractivity contribution is -0.384. The van der Waals surface area contributed by atoms with Crippen molar-refractivity contribution < 1.29 is 19.6 Å². The molecule has 1 unspecified atom stereocenters. The molecule has 1 aromatic carbocycles. The van der Waals surface area contributed by atoms with Gasteiger partial charge >= 0.3 is 5.97 Å². The van der Waals surface area contributed by atoms with Gasteiger partial charge in [-0.2, -0.15) is 0 Å². The summed E-state index contributed by atoms with van der Waals surface area (Å²) < 4.78 is 0. The van der Waals surface area contributed by atoms with Crippen LogP contribution in [0, 0.1) is 16.0 Å². The van der Waals surface area contributed by atoms with Gasteiger partial charge in [-0.05, 0) is 12.0 Å². The van der Waals surface area contributed by atoms with Crippen LogP contribution in [0.25, 0.3) is 0 Å². The summed E-state index contributed by atoms with van der Waals surface area (Å²) in [6.07, 6.45) is 0.536. The Kier molecular flexibility index (Phi) is 6.10. The Morgan fingerprint density at radius 3 is 2.67 bits per heavy atom. The summed E-state index contributed by atoms with van der Waals surface area (Å²) >= 11 is 5.85. The molecule has 7 nitrogen and oxygen atoms in total. The smallest absolute Gasteiger partial charge is 0.303 e. The van der Waals surface area contributed by atoms with E-state index in [2.05, 4.69) is 5.32 Å². The molecule has 0 spiro atoms. The number of carboxylic acids is 1. The number of nitrogens with one attached hydrogen (secondary N) is 1. The molecule has 0 aliphatic heterocycles. The van der Waals surface area contributed by atoms with Crippen molar-refractivity contribution in [3.63, 3.8) is 0 Å². The van der Waals surface area contributed by atoms with Crippen molar-refractivity contribution in [2.45, 2.75) is 19.8 Å². The molecule has 0 saturated heterocycles. The highest BCUT2D eigenvalue weighted by Crippen LogP contribution is 2.22. The first-order chi connectivity index (χ1) is 9.85. The highest BCUT2D eigenvalue weighted by atomic mass is 35.5. The fourth-order valence-corrected chi connectivity index (χ4v) is 1.94. The number of hydrogen-bond donors (Lipinski definition) is 2. The zero-order valence-corrected chi connectivity index (χ0v) is 12.1. The number of carbonyl (C=O) groups excluding carboxylic acids is 1. The predicted octanol–water partition coefficient (Wildman–Crippen LogP) is 2.48. The zero-order valence-electron chi connectivity index (χ0n) is 11.3. The number of nitrogens with zero attached hydrogens (tertiary/aromatic N) is 1. The molecule has 0 aromatic heterocycles. The Hall–Kier alpha value is -2.15. The lowest BCUT2D eigenvalue weighted by atomic mass is 10.0. The molecule has 1 aromatic rings. The van der Waals surface area contributed by atoms with Gasteiger partial charge in [-0.25, -0.2) is 0 Å². The van der Waals surface area contributed by atoms with E-state index in [0.29, 0.717) is 6.42 Å². The van der Waals surface area contributed by atoms with Gasteiger partial charge in [-0.1, -0.05) is 24.9 Å². The Morgan fingerprint density at radius 2 is 2.14 bits per heavy atom. The fraction of sp³-hybridized carbons (Fsp3) is 0.385. The number of nitro groups is 1. The minimum absolute atomic E-state index is 0.00366. The Bertz CT molecular complexity index is 561. The second-order valence-corrected chi connectivity index (χ2v) is 4.91. The van der Waals surface area contributed by atoms with Crippen molar-refractivity contribution in [3.05, 3.63) is 38.9 Å². The number of hydrogen-bond acceptors (Lipinski definition) is 4. The topological polar surface area (TPSA) is 110 Å². The van der Waals surface area contributed by atoms with Gasteiger partial charge in [0.05, 0.1) is 15.5 Å². The molecule has 114 valence electrons. The molecule has 21 heavy (non-hydrogen) atoms. The third-order valence-electron chi connectivity index (χ3n) is 3.00. The molecule has 0 aliphatic rings. The molecule has 0 radical (unpaired) electrons. The standard InChI is InChI=1S/C13H15ClN2O5/c1-2-8(5-12(17)18)7-15-13(19)10-6-9(16(20)21)3-4-11(10)14/h3-4,6,8H,2,5,7H2,1H3,(H,15,19)(H,17,18). The van der Waals surface area contributed by atoms with Gasteiger partial charge in [0.2, 0.25) is 0 Å². The zero-order chi connectivity index (χ0) is 16.0. The number of halogens is 1. The van der Waals surface area contributed by atoms with Crippen LogP contribution in [0.2, 0.25) is 5.02 Å². The van der Waals surface area contributed by atoms with E-state index in [1.165, 1.54) is 12.1 Å². The summed E-state index contributed by atoms with van der Waals surface area (Å²) in [6, 6.07) is 3.58. The van der Waals surface area contributed by atoms with E-state index in [4.69, 9.17) is 16.7 Å². The monoisotopic (exact) mass is 314 g/mol. The molecule has 2 N–H and O–H groups in total. The van der Waals surface area contributed by atoms with Crippen LogP contribution in [0.5, 0.6) is 0 Å². The Morgan fingerprint density at radius 1 is 1.48 bits per heavy atom. The average Bonchev–Trinajstić information content (AvgIpc) is 2.42. The van der Waals surface area contributed by atoms with E-state index in [9.17, 15) is 19.7 Å². The number of benzene rings is 1. The maximum Gasteiger partial charge on any atom is 0.303 e. The number of carbonyl (C=O) groups is 2. The summed E-state index contributed by atoms with van der Waals surface area (Å²) in [5.41, 5.74) is -0.238. The van der Waals surface area contributed by atoms with Crippen molar-refractivity contribution in [3.8, 4) is 0 Å². The van der Waals surface area contributed by atoms with Gasteiger partial charge in [0.25, 0.3) is 11.6 Å². The first-order valence-corrected chi connectivity index (χ1v) is 6.66. The van der Waals surface area contributed by atoms with Gasteiger partial charge in [-0.3, -0.25) is 19.7 Å². The molecule has 0 aliphatic carbocycles. The second kappa shape index (κ2) is 7.58. The lowest BCUT2D eigenvalue weighted by Gasteiger charge is -2.13. The van der Waals surface area contributed by atoms with Gasteiger partial charge in [0, 0.05) is 25.1 Å². The van der Waals surface area contributed by atoms with E-state index >= 15 is 0 Å². The van der Waals surface area contributed by atoms with Crippen molar-refractivity contribution in [1.82, 2.24) is 5.32 Å². The van der Waals surface area contributed by atoms with Crippen LogP contribution in [0.1, 0.15) is 30.1 Å². The average molecular weight is 315 g/mol. The highest BCUT2D eigenvalue weighted by Gasteiger charge is 2.17. The highest BCUT2D eigenvalue weighted by molar-refractivity contribution is 6.33. The van der Waals surface area contributed by atoms with Crippen LogP contribution in [0.3, 0.4) is 0 Å². The summed E-state index contributed by atoms with van der Waals surface area (Å²) in [6.45, 7) is 1.99.